The van der Waals surface area contributed by atoms with Gasteiger partial charge in [-0.25, -0.2) is 4.79 Å². The van der Waals surface area contributed by atoms with Gasteiger partial charge in [-0.15, -0.1) is 0 Å². The highest BCUT2D eigenvalue weighted by Crippen LogP contribution is 2.55. The molecule has 4 saturated carbocycles. The summed E-state index contributed by atoms with van der Waals surface area (Å²) in [6.45, 7) is 7.01. The third-order valence-corrected chi connectivity index (χ3v) is 6.85. The second-order valence-electron chi connectivity index (χ2n) is 9.61. The van der Waals surface area contributed by atoms with Crippen molar-refractivity contribution < 1.29 is 9.53 Å². The van der Waals surface area contributed by atoms with Crippen molar-refractivity contribution in [3.63, 3.8) is 0 Å². The van der Waals surface area contributed by atoms with Crippen molar-refractivity contribution in [2.24, 2.45) is 23.7 Å². The third-order valence-electron chi connectivity index (χ3n) is 6.85. The van der Waals surface area contributed by atoms with Crippen molar-refractivity contribution in [2.75, 3.05) is 19.8 Å². The van der Waals surface area contributed by atoms with Crippen LogP contribution in [0.15, 0.2) is 0 Å². The number of carbonyl (C=O) groups excluding carboxylic acids is 1. The molecule has 4 fully saturated rings. The Balaban J connectivity index is 1.22. The topological polar surface area (TPSA) is 50.4 Å². The molecule has 26 heavy (non-hydrogen) atoms. The summed E-state index contributed by atoms with van der Waals surface area (Å²) >= 11 is 0. The van der Waals surface area contributed by atoms with Gasteiger partial charge in [0.15, 0.2) is 0 Å². The van der Waals surface area contributed by atoms with Crippen LogP contribution in [0.2, 0.25) is 0 Å². The number of nitrogens with one attached hydrogen (secondary N) is 2. The number of hydrogen-bond donors (Lipinski definition) is 2. The van der Waals surface area contributed by atoms with E-state index in [1.807, 2.05) is 0 Å². The molecule has 0 saturated heterocycles. The Morgan fingerprint density at radius 3 is 2.35 bits per heavy atom. The van der Waals surface area contributed by atoms with Crippen LogP contribution in [-0.4, -0.2) is 31.3 Å². The zero-order valence-electron chi connectivity index (χ0n) is 17.0. The van der Waals surface area contributed by atoms with Gasteiger partial charge >= 0.3 is 6.03 Å². The van der Waals surface area contributed by atoms with Crippen molar-refractivity contribution in [3.05, 3.63) is 0 Å². The fourth-order valence-electron chi connectivity index (χ4n) is 6.12. The van der Waals surface area contributed by atoms with E-state index in [1.165, 1.54) is 51.4 Å². The molecule has 0 radical (unpaired) electrons. The van der Waals surface area contributed by atoms with Crippen molar-refractivity contribution in [3.8, 4) is 0 Å². The minimum atomic E-state index is 0.0663. The highest BCUT2D eigenvalue weighted by molar-refractivity contribution is 5.74. The molecule has 1 unspecified atom stereocenters. The van der Waals surface area contributed by atoms with E-state index in [1.54, 1.807) is 0 Å². The van der Waals surface area contributed by atoms with Crippen LogP contribution in [0.1, 0.15) is 84.5 Å². The molecule has 0 aromatic heterocycles. The molecule has 0 spiro atoms. The summed E-state index contributed by atoms with van der Waals surface area (Å²) in [4.78, 5) is 12.4. The fourth-order valence-corrected chi connectivity index (χ4v) is 6.12. The normalized spacial score (nSPS) is 33.2. The number of rotatable bonds is 11. The summed E-state index contributed by atoms with van der Waals surface area (Å²) in [7, 11) is 0. The van der Waals surface area contributed by atoms with Gasteiger partial charge in [0.2, 0.25) is 0 Å². The van der Waals surface area contributed by atoms with Gasteiger partial charge in [0.05, 0.1) is 0 Å². The maximum atomic E-state index is 12.4. The number of urea groups is 1. The third kappa shape index (κ3) is 5.61. The van der Waals surface area contributed by atoms with E-state index in [4.69, 9.17) is 4.74 Å². The van der Waals surface area contributed by atoms with E-state index in [0.717, 1.165) is 56.8 Å². The second-order valence-corrected chi connectivity index (χ2v) is 9.61. The Morgan fingerprint density at radius 1 is 1.08 bits per heavy atom. The minimum Gasteiger partial charge on any atom is -0.381 e. The molecule has 150 valence electrons. The monoisotopic (exact) mass is 364 g/mol. The van der Waals surface area contributed by atoms with E-state index in [-0.39, 0.29) is 11.6 Å². The smallest absolute Gasteiger partial charge is 0.315 e. The molecule has 4 nitrogen and oxygen atoms in total. The molecule has 4 aliphatic rings. The zero-order valence-corrected chi connectivity index (χ0v) is 17.0. The van der Waals surface area contributed by atoms with Crippen LogP contribution in [-0.2, 0) is 4.74 Å². The lowest BCUT2D eigenvalue weighted by Crippen LogP contribution is -2.61. The van der Waals surface area contributed by atoms with Gasteiger partial charge in [-0.05, 0) is 87.9 Å². The molecular formula is C22H40N2O2. The van der Waals surface area contributed by atoms with Gasteiger partial charge in [-0.1, -0.05) is 20.3 Å². The number of ether oxygens (including phenoxy) is 1. The molecule has 4 bridgehead atoms. The Hall–Kier alpha value is -0.770. The van der Waals surface area contributed by atoms with E-state index < -0.39 is 0 Å². The van der Waals surface area contributed by atoms with Crippen molar-refractivity contribution >= 4 is 6.03 Å². The van der Waals surface area contributed by atoms with Gasteiger partial charge in [0.25, 0.3) is 0 Å². The molecule has 0 aromatic rings. The average Bonchev–Trinajstić information content (AvgIpc) is 2.55. The summed E-state index contributed by atoms with van der Waals surface area (Å²) < 4.78 is 5.73. The molecule has 1 atom stereocenters. The van der Waals surface area contributed by atoms with E-state index in [2.05, 4.69) is 24.5 Å². The Labute approximate surface area is 160 Å². The van der Waals surface area contributed by atoms with Crippen LogP contribution >= 0.6 is 0 Å². The first-order chi connectivity index (χ1) is 12.6. The molecule has 0 aliphatic heterocycles. The molecule has 0 aromatic carbocycles. The summed E-state index contributed by atoms with van der Waals surface area (Å²) in [5.74, 6) is 3.31. The first kappa shape index (κ1) is 20.0. The van der Waals surface area contributed by atoms with Crippen molar-refractivity contribution in [2.45, 2.75) is 90.0 Å². The lowest BCUT2D eigenvalue weighted by molar-refractivity contribution is -0.0135. The second kappa shape index (κ2) is 9.43. The van der Waals surface area contributed by atoms with Crippen molar-refractivity contribution in [1.29, 1.82) is 0 Å². The first-order valence-corrected chi connectivity index (χ1v) is 11.2. The van der Waals surface area contributed by atoms with Crippen LogP contribution in [0.5, 0.6) is 0 Å². The summed E-state index contributed by atoms with van der Waals surface area (Å²) in [5.41, 5.74) is 0.127. The zero-order chi connectivity index (χ0) is 18.4. The standard InChI is InChI=1S/C22H40N2O2/c1-3-7-17(2)16-26-9-6-4-5-8-23-21(25)24-22-13-18-10-19(14-22)12-20(11-18)15-22/h17-20H,3-16H2,1-2H3,(H2,23,24,25). The molecular weight excluding hydrogens is 324 g/mol. The predicted molar refractivity (Wildman–Crippen MR) is 106 cm³/mol. The quantitative estimate of drug-likeness (QED) is 0.514. The molecule has 4 rings (SSSR count). The maximum absolute atomic E-state index is 12.4. The predicted octanol–water partition coefficient (Wildman–Crippen LogP) is 4.88. The van der Waals surface area contributed by atoms with E-state index >= 15 is 0 Å². The highest BCUT2D eigenvalue weighted by Gasteiger charge is 2.51. The number of hydrogen-bond acceptors (Lipinski definition) is 2. The summed E-state index contributed by atoms with van der Waals surface area (Å²) in [5, 5.41) is 6.48. The fraction of sp³-hybridized carbons (Fsp3) is 0.955. The van der Waals surface area contributed by atoms with Crippen LogP contribution in [0, 0.1) is 23.7 Å². The molecule has 0 heterocycles. The number of unbranched alkanes of at least 4 members (excludes halogenated alkanes) is 2. The van der Waals surface area contributed by atoms with E-state index in [9.17, 15) is 4.79 Å². The van der Waals surface area contributed by atoms with E-state index in [0.29, 0.717) is 5.92 Å². The molecule has 2 amide bonds. The molecule has 4 aliphatic carbocycles. The Kier molecular flexibility index (Phi) is 7.25. The highest BCUT2D eigenvalue weighted by atomic mass is 16.5. The summed E-state index contributed by atoms with van der Waals surface area (Å²) in [6, 6.07) is 0.0663. The van der Waals surface area contributed by atoms with Crippen LogP contribution < -0.4 is 10.6 Å². The minimum absolute atomic E-state index is 0.0663. The van der Waals surface area contributed by atoms with Crippen molar-refractivity contribution in [1.82, 2.24) is 10.6 Å². The lowest BCUT2D eigenvalue weighted by atomic mass is 9.53. The SMILES string of the molecule is CCCC(C)COCCCCCNC(=O)NC12CC3CC(CC(C3)C1)C2. The lowest BCUT2D eigenvalue weighted by Gasteiger charge is -2.56. The molecule has 4 heteroatoms. The van der Waals surface area contributed by atoms with Gasteiger partial charge in [-0.3, -0.25) is 0 Å². The van der Waals surface area contributed by atoms with Crippen LogP contribution in [0.3, 0.4) is 0 Å². The Morgan fingerprint density at radius 2 is 1.73 bits per heavy atom. The summed E-state index contributed by atoms with van der Waals surface area (Å²) in [6.07, 6.45) is 13.7. The molecule has 2 N–H and O–H groups in total. The maximum Gasteiger partial charge on any atom is 0.315 e. The largest absolute Gasteiger partial charge is 0.381 e. The van der Waals surface area contributed by atoms with Crippen LogP contribution in [0.25, 0.3) is 0 Å². The number of amides is 2. The Bertz CT molecular complexity index is 416. The van der Waals surface area contributed by atoms with Gasteiger partial charge in [-0.2, -0.15) is 0 Å². The first-order valence-electron chi connectivity index (χ1n) is 11.2. The van der Waals surface area contributed by atoms with Crippen LogP contribution in [0.4, 0.5) is 4.79 Å². The van der Waals surface area contributed by atoms with Gasteiger partial charge in [0, 0.05) is 25.3 Å². The number of carbonyl (C=O) groups is 1. The average molecular weight is 365 g/mol. The van der Waals surface area contributed by atoms with Gasteiger partial charge in [0.1, 0.15) is 0 Å². The van der Waals surface area contributed by atoms with Gasteiger partial charge < -0.3 is 15.4 Å².